The highest BCUT2D eigenvalue weighted by Gasteiger charge is 2.15. The lowest BCUT2D eigenvalue weighted by molar-refractivity contribution is -0.121. The van der Waals surface area contributed by atoms with E-state index in [1.54, 1.807) is 14.0 Å². The van der Waals surface area contributed by atoms with Gasteiger partial charge in [0.2, 0.25) is 5.91 Å². The molecule has 0 bridgehead atoms. The fraction of sp³-hybridized carbons (Fsp3) is 0.500. The summed E-state index contributed by atoms with van der Waals surface area (Å²) < 4.78 is 10.8. The molecule has 0 aliphatic carbocycles. The van der Waals surface area contributed by atoms with Crippen LogP contribution >= 0.6 is 0 Å². The molecular weight excluding hydrogens is 268 g/mol. The molecule has 1 rings (SSSR count). The highest BCUT2D eigenvalue weighted by molar-refractivity contribution is 5.77. The van der Waals surface area contributed by atoms with Gasteiger partial charge in [0, 0.05) is 6.42 Å². The summed E-state index contributed by atoms with van der Waals surface area (Å²) in [5, 5.41) is 11.3. The Hall–Kier alpha value is -2.22. The monoisotopic (exact) mass is 290 g/mol. The van der Waals surface area contributed by atoms with Gasteiger partial charge in [0.1, 0.15) is 6.04 Å². The van der Waals surface area contributed by atoms with E-state index in [1.165, 1.54) is 0 Å². The van der Waals surface area contributed by atoms with E-state index in [9.17, 15) is 4.79 Å². The first kappa shape index (κ1) is 16.8. The first-order valence-electron chi connectivity index (χ1n) is 7.01. The van der Waals surface area contributed by atoms with Crippen LogP contribution in [0.4, 0.5) is 0 Å². The summed E-state index contributed by atoms with van der Waals surface area (Å²) in [4.78, 5) is 11.8. The van der Waals surface area contributed by atoms with Crippen molar-refractivity contribution in [2.45, 2.75) is 39.2 Å². The van der Waals surface area contributed by atoms with Crippen LogP contribution in [0.3, 0.4) is 0 Å². The summed E-state index contributed by atoms with van der Waals surface area (Å²) in [5.74, 6) is 1.25. The van der Waals surface area contributed by atoms with Gasteiger partial charge in [0.15, 0.2) is 11.5 Å². The number of hydrogen-bond donors (Lipinski definition) is 1. The van der Waals surface area contributed by atoms with Crippen LogP contribution in [0.25, 0.3) is 0 Å². The number of rotatable bonds is 7. The van der Waals surface area contributed by atoms with Crippen molar-refractivity contribution in [2.75, 3.05) is 13.7 Å². The van der Waals surface area contributed by atoms with Gasteiger partial charge in [0.05, 0.1) is 19.8 Å². The lowest BCUT2D eigenvalue weighted by Crippen LogP contribution is -2.31. The van der Waals surface area contributed by atoms with Gasteiger partial charge in [-0.3, -0.25) is 4.79 Å². The zero-order chi connectivity index (χ0) is 15.8. The van der Waals surface area contributed by atoms with Gasteiger partial charge in [-0.1, -0.05) is 13.0 Å². The Bertz CT molecular complexity index is 523. The van der Waals surface area contributed by atoms with Crippen LogP contribution in [-0.4, -0.2) is 25.7 Å². The van der Waals surface area contributed by atoms with Crippen molar-refractivity contribution in [1.29, 1.82) is 5.26 Å². The standard InChI is InChI=1S/C16H22N2O3/c1-5-21-14-7-6-13(9-15(14)20-4)11(2)8-16(19)18-12(3)10-17/h6-7,9,11-12H,5,8H2,1-4H3,(H,18,19). The predicted octanol–water partition coefficient (Wildman–Crippen LogP) is 2.62. The minimum absolute atomic E-state index is 0.0282. The Morgan fingerprint density at radius 3 is 2.67 bits per heavy atom. The fourth-order valence-corrected chi connectivity index (χ4v) is 1.99. The van der Waals surface area contributed by atoms with Crippen molar-refractivity contribution in [2.24, 2.45) is 0 Å². The number of benzene rings is 1. The third-order valence-electron chi connectivity index (χ3n) is 3.12. The minimum Gasteiger partial charge on any atom is -0.493 e. The second-order valence-electron chi connectivity index (χ2n) is 4.87. The van der Waals surface area contributed by atoms with Crippen LogP contribution in [-0.2, 0) is 4.79 Å². The molecule has 0 aromatic heterocycles. The second kappa shape index (κ2) is 8.15. The van der Waals surface area contributed by atoms with Crippen LogP contribution in [0.1, 0.15) is 38.7 Å². The van der Waals surface area contributed by atoms with E-state index in [2.05, 4.69) is 5.32 Å². The number of hydrogen-bond acceptors (Lipinski definition) is 4. The van der Waals surface area contributed by atoms with Crippen molar-refractivity contribution < 1.29 is 14.3 Å². The molecule has 2 unspecified atom stereocenters. The molecule has 0 spiro atoms. The number of carbonyl (C=O) groups is 1. The number of amides is 1. The van der Waals surface area contributed by atoms with Crippen molar-refractivity contribution in [3.63, 3.8) is 0 Å². The first-order valence-corrected chi connectivity index (χ1v) is 7.01. The van der Waals surface area contributed by atoms with E-state index in [-0.39, 0.29) is 11.8 Å². The summed E-state index contributed by atoms with van der Waals surface area (Å²) in [5.41, 5.74) is 0.995. The Morgan fingerprint density at radius 2 is 2.10 bits per heavy atom. The zero-order valence-electron chi connectivity index (χ0n) is 13.0. The van der Waals surface area contributed by atoms with Gasteiger partial charge in [-0.25, -0.2) is 0 Å². The Balaban J connectivity index is 2.76. The minimum atomic E-state index is -0.473. The van der Waals surface area contributed by atoms with Crippen LogP contribution in [0.5, 0.6) is 11.5 Å². The van der Waals surface area contributed by atoms with E-state index in [4.69, 9.17) is 14.7 Å². The summed E-state index contributed by atoms with van der Waals surface area (Å²) in [6.45, 7) is 6.10. The molecule has 0 saturated heterocycles. The van der Waals surface area contributed by atoms with E-state index in [1.807, 2.05) is 38.1 Å². The number of nitrogens with zero attached hydrogens (tertiary/aromatic N) is 1. The van der Waals surface area contributed by atoms with Crippen molar-refractivity contribution in [3.8, 4) is 17.6 Å². The molecule has 1 amide bonds. The molecule has 114 valence electrons. The lowest BCUT2D eigenvalue weighted by atomic mass is 9.97. The fourth-order valence-electron chi connectivity index (χ4n) is 1.99. The molecule has 2 atom stereocenters. The molecule has 0 aliphatic heterocycles. The third-order valence-corrected chi connectivity index (χ3v) is 3.12. The number of nitriles is 1. The smallest absolute Gasteiger partial charge is 0.221 e. The molecule has 1 aromatic rings. The normalized spacial score (nSPS) is 12.9. The van der Waals surface area contributed by atoms with E-state index < -0.39 is 6.04 Å². The molecule has 0 heterocycles. The molecule has 0 radical (unpaired) electrons. The quantitative estimate of drug-likeness (QED) is 0.838. The highest BCUT2D eigenvalue weighted by Crippen LogP contribution is 2.31. The Morgan fingerprint density at radius 1 is 1.38 bits per heavy atom. The number of ether oxygens (including phenoxy) is 2. The number of methoxy groups -OCH3 is 1. The van der Waals surface area contributed by atoms with Crippen molar-refractivity contribution in [1.82, 2.24) is 5.32 Å². The maximum atomic E-state index is 11.8. The topological polar surface area (TPSA) is 71.3 Å². The number of carbonyl (C=O) groups excluding carboxylic acids is 1. The van der Waals surface area contributed by atoms with Crippen LogP contribution in [0.2, 0.25) is 0 Å². The molecule has 0 saturated carbocycles. The van der Waals surface area contributed by atoms with Gasteiger partial charge in [-0.15, -0.1) is 0 Å². The molecule has 5 heteroatoms. The molecule has 0 aliphatic rings. The molecule has 0 fully saturated rings. The molecule has 1 aromatic carbocycles. The molecule has 5 nitrogen and oxygen atoms in total. The molecular formula is C16H22N2O3. The average molecular weight is 290 g/mol. The van der Waals surface area contributed by atoms with Gasteiger partial charge in [-0.05, 0) is 37.5 Å². The van der Waals surface area contributed by atoms with Gasteiger partial charge < -0.3 is 14.8 Å². The van der Waals surface area contributed by atoms with Crippen molar-refractivity contribution in [3.05, 3.63) is 23.8 Å². The Labute approximate surface area is 125 Å². The van der Waals surface area contributed by atoms with Crippen LogP contribution in [0.15, 0.2) is 18.2 Å². The second-order valence-corrected chi connectivity index (χ2v) is 4.87. The lowest BCUT2D eigenvalue weighted by Gasteiger charge is -2.16. The largest absolute Gasteiger partial charge is 0.493 e. The van der Waals surface area contributed by atoms with Crippen molar-refractivity contribution >= 4 is 5.91 Å². The zero-order valence-corrected chi connectivity index (χ0v) is 13.0. The highest BCUT2D eigenvalue weighted by atomic mass is 16.5. The van der Waals surface area contributed by atoms with Gasteiger partial charge in [0.25, 0.3) is 0 Å². The van der Waals surface area contributed by atoms with Gasteiger partial charge >= 0.3 is 0 Å². The van der Waals surface area contributed by atoms with Crippen LogP contribution < -0.4 is 14.8 Å². The maximum absolute atomic E-state index is 11.8. The predicted molar refractivity (Wildman–Crippen MR) is 80.4 cm³/mol. The van der Waals surface area contributed by atoms with E-state index in [0.29, 0.717) is 24.5 Å². The Kier molecular flexibility index (Phi) is 6.54. The summed E-state index contributed by atoms with van der Waals surface area (Å²) in [7, 11) is 1.59. The summed E-state index contributed by atoms with van der Waals surface area (Å²) in [6.07, 6.45) is 0.323. The maximum Gasteiger partial charge on any atom is 0.221 e. The van der Waals surface area contributed by atoms with Crippen LogP contribution in [0, 0.1) is 11.3 Å². The number of nitrogens with one attached hydrogen (secondary N) is 1. The van der Waals surface area contributed by atoms with E-state index >= 15 is 0 Å². The summed E-state index contributed by atoms with van der Waals surface area (Å²) in [6, 6.07) is 7.17. The average Bonchev–Trinajstić information content (AvgIpc) is 2.47. The summed E-state index contributed by atoms with van der Waals surface area (Å²) >= 11 is 0. The molecule has 1 N–H and O–H groups in total. The van der Waals surface area contributed by atoms with E-state index in [0.717, 1.165) is 5.56 Å². The molecule has 21 heavy (non-hydrogen) atoms. The third kappa shape index (κ3) is 4.99. The first-order chi connectivity index (χ1) is 10.0. The SMILES string of the molecule is CCOc1ccc(C(C)CC(=O)NC(C)C#N)cc1OC. The van der Waals surface area contributed by atoms with Gasteiger partial charge in [-0.2, -0.15) is 5.26 Å².